The highest BCUT2D eigenvalue weighted by atomic mass is 14.9. The van der Waals surface area contributed by atoms with Crippen molar-refractivity contribution in [2.45, 2.75) is 0 Å². The summed E-state index contributed by atoms with van der Waals surface area (Å²) >= 11 is 0. The van der Waals surface area contributed by atoms with Crippen LogP contribution in [0.5, 0.6) is 0 Å². The summed E-state index contributed by atoms with van der Waals surface area (Å²) in [6.07, 6.45) is 3.23. The van der Waals surface area contributed by atoms with Crippen LogP contribution in [-0.2, 0) is 0 Å². The van der Waals surface area contributed by atoms with Crippen molar-refractivity contribution in [3.63, 3.8) is 0 Å². The largest absolute Gasteiger partial charge is 0.237 e. The van der Waals surface area contributed by atoms with Crippen molar-refractivity contribution in [2.75, 3.05) is 0 Å². The van der Waals surface area contributed by atoms with Gasteiger partial charge in [-0.05, 0) is 6.08 Å². The topological polar surface area (TPSA) is 24.7 Å². The van der Waals surface area contributed by atoms with Crippen molar-refractivity contribution in [1.82, 2.24) is 0 Å². The maximum atomic E-state index is 4.60. The highest BCUT2D eigenvalue weighted by Crippen LogP contribution is 2.08. The highest BCUT2D eigenvalue weighted by Gasteiger charge is 2.04. The van der Waals surface area contributed by atoms with Gasteiger partial charge < -0.3 is 0 Å². The molecule has 2 aromatic rings. The van der Waals surface area contributed by atoms with Crippen molar-refractivity contribution in [1.29, 1.82) is 0 Å². The maximum absolute atomic E-state index is 4.60. The van der Waals surface area contributed by atoms with Crippen molar-refractivity contribution < 1.29 is 0 Å². The Balaban J connectivity index is 2.45. The normalized spacial score (nSPS) is 12.0. The van der Waals surface area contributed by atoms with Gasteiger partial charge in [-0.1, -0.05) is 73.8 Å². The Morgan fingerprint density at radius 3 is 1.85 bits per heavy atom. The van der Waals surface area contributed by atoms with Gasteiger partial charge in [0.2, 0.25) is 0 Å². The predicted molar refractivity (Wildman–Crippen MR) is 86.4 cm³/mol. The van der Waals surface area contributed by atoms with Crippen molar-refractivity contribution in [3.8, 4) is 0 Å². The van der Waals surface area contributed by atoms with E-state index >= 15 is 0 Å². The summed E-state index contributed by atoms with van der Waals surface area (Å²) in [5, 5.41) is 0. The fourth-order valence-corrected chi connectivity index (χ4v) is 1.79. The lowest BCUT2D eigenvalue weighted by Gasteiger charge is -2.04. The van der Waals surface area contributed by atoms with E-state index in [1.807, 2.05) is 60.7 Å². The summed E-state index contributed by atoms with van der Waals surface area (Å²) in [7, 11) is 0. The van der Waals surface area contributed by atoms with E-state index in [0.717, 1.165) is 16.8 Å². The van der Waals surface area contributed by atoms with Gasteiger partial charge in [0, 0.05) is 17.3 Å². The van der Waals surface area contributed by atoms with Gasteiger partial charge in [-0.2, -0.15) is 0 Å². The van der Waals surface area contributed by atoms with E-state index < -0.39 is 0 Å². The molecule has 2 heteroatoms. The van der Waals surface area contributed by atoms with Gasteiger partial charge in [-0.25, -0.2) is 9.98 Å². The van der Waals surface area contributed by atoms with Crippen LogP contribution < -0.4 is 0 Å². The Kier molecular flexibility index (Phi) is 4.79. The Labute approximate surface area is 119 Å². The molecule has 0 aromatic heterocycles. The molecule has 0 aliphatic rings. The van der Waals surface area contributed by atoms with Gasteiger partial charge in [0.1, 0.15) is 0 Å². The van der Waals surface area contributed by atoms with E-state index in [9.17, 15) is 0 Å². The molecule has 98 valence electrons. The molecule has 0 heterocycles. The Morgan fingerprint density at radius 2 is 1.35 bits per heavy atom. The summed E-state index contributed by atoms with van der Waals surface area (Å²) in [5.41, 5.74) is 2.74. The minimum atomic E-state index is 0.624. The zero-order chi connectivity index (χ0) is 14.2. The number of hydrogen-bond acceptors (Lipinski definition) is 1. The Morgan fingerprint density at radius 1 is 0.800 bits per heavy atom. The molecule has 0 unspecified atom stereocenters. The van der Waals surface area contributed by atoms with E-state index in [1.54, 1.807) is 6.08 Å². The number of hydrogen-bond donors (Lipinski definition) is 0. The van der Waals surface area contributed by atoms with E-state index in [2.05, 4.69) is 23.1 Å². The smallest absolute Gasteiger partial charge is 0.159 e. The molecular weight excluding hydrogens is 244 g/mol. The van der Waals surface area contributed by atoms with E-state index in [-0.39, 0.29) is 0 Å². The molecule has 0 fully saturated rings. The number of nitrogens with zero attached hydrogens (tertiary/aromatic N) is 2. The van der Waals surface area contributed by atoms with Crippen LogP contribution in [0.15, 0.2) is 96.1 Å². The average molecular weight is 260 g/mol. The Hall–Kier alpha value is -2.74. The molecule has 0 saturated heterocycles. The third kappa shape index (κ3) is 3.39. The molecule has 2 nitrogen and oxygen atoms in total. The summed E-state index contributed by atoms with van der Waals surface area (Å²) in [6.45, 7) is 7.48. The van der Waals surface area contributed by atoms with Crippen molar-refractivity contribution >= 4 is 11.5 Å². The summed E-state index contributed by atoms with van der Waals surface area (Å²) in [6, 6.07) is 19.7. The number of benzene rings is 2. The molecule has 0 N–H and O–H groups in total. The number of aliphatic imine (C=N–C) groups is 2. The summed E-state index contributed by atoms with van der Waals surface area (Å²) in [4.78, 5) is 8.86. The second-order valence-electron chi connectivity index (χ2n) is 4.07. The molecule has 2 rings (SSSR count). The first-order chi connectivity index (χ1) is 9.85. The Bertz CT molecular complexity index is 638. The van der Waals surface area contributed by atoms with E-state index in [0.29, 0.717) is 5.84 Å². The highest BCUT2D eigenvalue weighted by molar-refractivity contribution is 6.16. The van der Waals surface area contributed by atoms with Crippen LogP contribution in [-0.4, -0.2) is 11.5 Å². The molecule has 0 aliphatic carbocycles. The second-order valence-corrected chi connectivity index (χ2v) is 4.07. The lowest BCUT2D eigenvalue weighted by Crippen LogP contribution is -2.04. The maximum Gasteiger partial charge on any atom is 0.159 e. The minimum absolute atomic E-state index is 0.624. The number of rotatable bonds is 4. The lowest BCUT2D eigenvalue weighted by atomic mass is 10.1. The van der Waals surface area contributed by atoms with Gasteiger partial charge in [0.25, 0.3) is 0 Å². The monoisotopic (exact) mass is 260 g/mol. The van der Waals surface area contributed by atoms with Crippen LogP contribution in [0.2, 0.25) is 0 Å². The van der Waals surface area contributed by atoms with Gasteiger partial charge >= 0.3 is 0 Å². The molecule has 0 aliphatic heterocycles. The van der Waals surface area contributed by atoms with Crippen LogP contribution in [0.3, 0.4) is 0 Å². The fraction of sp³-hybridized carbons (Fsp3) is 0. The predicted octanol–water partition coefficient (Wildman–Crippen LogP) is 4.25. The first-order valence-corrected chi connectivity index (χ1v) is 6.36. The molecule has 20 heavy (non-hydrogen) atoms. The first kappa shape index (κ1) is 13.7. The zero-order valence-corrected chi connectivity index (χ0v) is 11.2. The quantitative estimate of drug-likeness (QED) is 0.580. The second kappa shape index (κ2) is 7.00. The molecular formula is C18H16N2. The lowest BCUT2D eigenvalue weighted by molar-refractivity contribution is 1.46. The molecule has 0 bridgehead atoms. The third-order valence-corrected chi connectivity index (χ3v) is 2.73. The number of amidine groups is 1. The molecule has 0 radical (unpaired) electrons. The summed E-state index contributed by atoms with van der Waals surface area (Å²) in [5.74, 6) is 0.624. The SMILES string of the molecule is C=C/N=C(\N=C(/C=C)c1ccccc1)c1ccccc1. The van der Waals surface area contributed by atoms with Crippen LogP contribution in [0.25, 0.3) is 0 Å². The van der Waals surface area contributed by atoms with Crippen molar-refractivity contribution in [3.05, 3.63) is 97.2 Å². The first-order valence-electron chi connectivity index (χ1n) is 6.36. The van der Waals surface area contributed by atoms with Gasteiger partial charge in [0.15, 0.2) is 5.84 Å². The van der Waals surface area contributed by atoms with Crippen LogP contribution in [0.1, 0.15) is 11.1 Å². The minimum Gasteiger partial charge on any atom is -0.237 e. The van der Waals surface area contributed by atoms with E-state index in [4.69, 9.17) is 0 Å². The molecule has 0 saturated carbocycles. The fourth-order valence-electron chi connectivity index (χ4n) is 1.79. The van der Waals surface area contributed by atoms with Gasteiger partial charge in [0.05, 0.1) is 5.71 Å². The van der Waals surface area contributed by atoms with E-state index in [1.165, 1.54) is 6.20 Å². The molecule has 2 aromatic carbocycles. The van der Waals surface area contributed by atoms with Crippen LogP contribution in [0, 0.1) is 0 Å². The van der Waals surface area contributed by atoms with Crippen molar-refractivity contribution in [2.24, 2.45) is 9.98 Å². The van der Waals surface area contributed by atoms with Gasteiger partial charge in [-0.15, -0.1) is 0 Å². The van der Waals surface area contributed by atoms with Crippen LogP contribution >= 0.6 is 0 Å². The average Bonchev–Trinajstić information content (AvgIpc) is 2.53. The molecule has 0 atom stereocenters. The zero-order valence-electron chi connectivity index (χ0n) is 11.2. The van der Waals surface area contributed by atoms with Gasteiger partial charge in [-0.3, -0.25) is 0 Å². The molecule has 0 amide bonds. The number of allylic oxidation sites excluding steroid dienone is 1. The standard InChI is InChI=1S/C18H16N2/c1-3-17(15-11-7-5-8-12-15)20-18(19-4-2)16-13-9-6-10-14-16/h3-14H,1-2H2/b19-18-,20-17+. The van der Waals surface area contributed by atoms with Crippen LogP contribution in [0.4, 0.5) is 0 Å². The summed E-state index contributed by atoms with van der Waals surface area (Å²) < 4.78 is 0. The third-order valence-electron chi connectivity index (χ3n) is 2.73. The molecule has 0 spiro atoms.